The Morgan fingerprint density at radius 2 is 1.95 bits per heavy atom. The summed E-state index contributed by atoms with van der Waals surface area (Å²) in [5.74, 6) is 0.766. The van der Waals surface area contributed by atoms with Crippen molar-refractivity contribution in [2.75, 3.05) is 26.3 Å². The largest absolute Gasteiger partial charge is 0.381 e. The van der Waals surface area contributed by atoms with Crippen molar-refractivity contribution in [1.29, 1.82) is 0 Å². The quantitative estimate of drug-likeness (QED) is 0.506. The monoisotopic (exact) mass is 272 g/mol. The van der Waals surface area contributed by atoms with Gasteiger partial charge in [0.15, 0.2) is 0 Å². The molecule has 0 saturated carbocycles. The summed E-state index contributed by atoms with van der Waals surface area (Å²) in [6.07, 6.45) is 6.91. The van der Waals surface area contributed by atoms with Crippen LogP contribution in [0.1, 0.15) is 58.8 Å². The second-order valence-corrected chi connectivity index (χ2v) is 5.09. The fraction of sp³-hybridized carbons (Fsp3) is 0.933. The van der Waals surface area contributed by atoms with E-state index in [2.05, 4.69) is 19.2 Å². The van der Waals surface area contributed by atoms with Crippen LogP contribution in [0.25, 0.3) is 0 Å². The first kappa shape index (κ1) is 18.4. The van der Waals surface area contributed by atoms with E-state index in [1.54, 1.807) is 0 Å². The lowest BCUT2D eigenvalue weighted by atomic mass is 9.94. The lowest BCUT2D eigenvalue weighted by Gasteiger charge is -2.14. The molecule has 0 bridgehead atoms. The molecule has 0 spiro atoms. The van der Waals surface area contributed by atoms with Crippen molar-refractivity contribution in [1.82, 2.24) is 5.32 Å². The second kappa shape index (κ2) is 13.8. The van der Waals surface area contributed by atoms with Gasteiger partial charge in [0.05, 0.1) is 0 Å². The maximum atomic E-state index is 11.7. The van der Waals surface area contributed by atoms with Crippen LogP contribution in [-0.4, -0.2) is 32.2 Å². The molecule has 1 unspecified atom stereocenters. The lowest BCUT2D eigenvalue weighted by molar-refractivity contribution is -0.121. The average Bonchev–Trinajstić information content (AvgIpc) is 2.40. The highest BCUT2D eigenvalue weighted by Gasteiger charge is 2.09. The van der Waals surface area contributed by atoms with Gasteiger partial charge in [-0.1, -0.05) is 26.7 Å². The minimum Gasteiger partial charge on any atom is -0.381 e. The summed E-state index contributed by atoms with van der Waals surface area (Å²) in [5.41, 5.74) is 5.59. The van der Waals surface area contributed by atoms with Crippen molar-refractivity contribution >= 4 is 5.91 Å². The zero-order valence-corrected chi connectivity index (χ0v) is 12.7. The Labute approximate surface area is 118 Å². The topological polar surface area (TPSA) is 64.3 Å². The van der Waals surface area contributed by atoms with E-state index in [9.17, 15) is 4.79 Å². The van der Waals surface area contributed by atoms with Crippen molar-refractivity contribution < 1.29 is 9.53 Å². The van der Waals surface area contributed by atoms with E-state index < -0.39 is 0 Å². The van der Waals surface area contributed by atoms with Gasteiger partial charge in [-0.2, -0.15) is 0 Å². The van der Waals surface area contributed by atoms with Crippen LogP contribution >= 0.6 is 0 Å². The highest BCUT2D eigenvalue weighted by molar-refractivity contribution is 5.75. The fourth-order valence-electron chi connectivity index (χ4n) is 2.15. The van der Waals surface area contributed by atoms with E-state index in [0.29, 0.717) is 12.3 Å². The summed E-state index contributed by atoms with van der Waals surface area (Å²) in [6.45, 7) is 7.26. The highest BCUT2D eigenvalue weighted by Crippen LogP contribution is 2.16. The molecule has 0 heterocycles. The smallest absolute Gasteiger partial charge is 0.220 e. The second-order valence-electron chi connectivity index (χ2n) is 5.09. The molecule has 4 heteroatoms. The first-order valence-corrected chi connectivity index (χ1v) is 7.79. The molecule has 3 N–H and O–H groups in total. The van der Waals surface area contributed by atoms with Gasteiger partial charge in [0, 0.05) is 26.2 Å². The molecule has 114 valence electrons. The Balaban J connectivity index is 3.50. The Bertz CT molecular complexity index is 204. The van der Waals surface area contributed by atoms with Gasteiger partial charge in [-0.3, -0.25) is 4.79 Å². The predicted octanol–water partition coefficient (Wildman–Crippen LogP) is 2.46. The summed E-state index contributed by atoms with van der Waals surface area (Å²) in [4.78, 5) is 11.7. The molecular weight excluding hydrogens is 240 g/mol. The number of amides is 1. The summed E-state index contributed by atoms with van der Waals surface area (Å²) < 4.78 is 5.36. The van der Waals surface area contributed by atoms with Crippen LogP contribution in [0.5, 0.6) is 0 Å². The summed E-state index contributed by atoms with van der Waals surface area (Å²) in [5, 5.41) is 2.95. The van der Waals surface area contributed by atoms with Crippen molar-refractivity contribution in [3.05, 3.63) is 0 Å². The number of ether oxygens (including phenoxy) is 1. The number of hydrogen-bond donors (Lipinski definition) is 2. The van der Waals surface area contributed by atoms with Crippen molar-refractivity contribution in [3.8, 4) is 0 Å². The number of hydrogen-bond acceptors (Lipinski definition) is 3. The number of rotatable bonds is 13. The minimum absolute atomic E-state index is 0.161. The van der Waals surface area contributed by atoms with Gasteiger partial charge in [-0.25, -0.2) is 0 Å². The minimum atomic E-state index is 0.161. The van der Waals surface area contributed by atoms with Crippen LogP contribution in [0.2, 0.25) is 0 Å². The van der Waals surface area contributed by atoms with Crippen LogP contribution in [0, 0.1) is 5.92 Å². The molecule has 19 heavy (non-hydrogen) atoms. The van der Waals surface area contributed by atoms with Crippen LogP contribution in [0.3, 0.4) is 0 Å². The zero-order valence-electron chi connectivity index (χ0n) is 12.7. The summed E-state index contributed by atoms with van der Waals surface area (Å²) in [6, 6.07) is 0. The van der Waals surface area contributed by atoms with E-state index in [4.69, 9.17) is 10.5 Å². The number of carbonyl (C=O) groups is 1. The molecule has 0 aromatic carbocycles. The highest BCUT2D eigenvalue weighted by atomic mass is 16.5. The van der Waals surface area contributed by atoms with Gasteiger partial charge in [0.2, 0.25) is 5.91 Å². The summed E-state index contributed by atoms with van der Waals surface area (Å²) in [7, 11) is 0. The molecule has 0 rings (SSSR count). The van der Waals surface area contributed by atoms with Gasteiger partial charge in [-0.15, -0.1) is 0 Å². The Kier molecular flexibility index (Phi) is 13.4. The Morgan fingerprint density at radius 3 is 2.58 bits per heavy atom. The molecule has 0 radical (unpaired) electrons. The molecule has 4 nitrogen and oxygen atoms in total. The molecule has 0 fully saturated rings. The molecule has 0 aliphatic carbocycles. The SMILES string of the molecule is CCCOCCCNC(=O)CCC(CCC)CCN. The number of nitrogens with two attached hydrogens (primary N) is 1. The molecule has 0 aliphatic rings. The third-order valence-corrected chi connectivity index (χ3v) is 3.19. The van der Waals surface area contributed by atoms with Gasteiger partial charge in [-0.05, 0) is 38.1 Å². The molecular formula is C15H32N2O2. The van der Waals surface area contributed by atoms with Crippen LogP contribution in [0.4, 0.5) is 0 Å². The van der Waals surface area contributed by atoms with Crippen LogP contribution < -0.4 is 11.1 Å². The van der Waals surface area contributed by atoms with Crippen molar-refractivity contribution in [2.45, 2.75) is 58.8 Å². The third-order valence-electron chi connectivity index (χ3n) is 3.19. The molecule has 0 aliphatic heterocycles. The predicted molar refractivity (Wildman–Crippen MR) is 80.0 cm³/mol. The Hall–Kier alpha value is -0.610. The molecule has 0 aromatic heterocycles. The van der Waals surface area contributed by atoms with Gasteiger partial charge >= 0.3 is 0 Å². The fourth-order valence-corrected chi connectivity index (χ4v) is 2.15. The van der Waals surface area contributed by atoms with Gasteiger partial charge in [0.1, 0.15) is 0 Å². The maximum absolute atomic E-state index is 11.7. The van der Waals surface area contributed by atoms with E-state index in [1.807, 2.05) is 0 Å². The molecule has 0 aromatic rings. The van der Waals surface area contributed by atoms with Crippen LogP contribution in [0.15, 0.2) is 0 Å². The zero-order chi connectivity index (χ0) is 14.3. The summed E-state index contributed by atoms with van der Waals surface area (Å²) >= 11 is 0. The third kappa shape index (κ3) is 12.2. The first-order valence-electron chi connectivity index (χ1n) is 7.79. The first-order chi connectivity index (χ1) is 9.24. The van der Waals surface area contributed by atoms with Gasteiger partial charge < -0.3 is 15.8 Å². The van der Waals surface area contributed by atoms with E-state index >= 15 is 0 Å². The van der Waals surface area contributed by atoms with E-state index in [-0.39, 0.29) is 5.91 Å². The normalized spacial score (nSPS) is 12.4. The maximum Gasteiger partial charge on any atom is 0.220 e. The number of nitrogens with one attached hydrogen (secondary N) is 1. The Morgan fingerprint density at radius 1 is 1.16 bits per heavy atom. The lowest BCUT2D eigenvalue weighted by Crippen LogP contribution is -2.25. The molecule has 1 amide bonds. The number of carbonyl (C=O) groups excluding carboxylic acids is 1. The van der Waals surface area contributed by atoms with E-state index in [1.165, 1.54) is 12.8 Å². The van der Waals surface area contributed by atoms with Crippen molar-refractivity contribution in [3.63, 3.8) is 0 Å². The van der Waals surface area contributed by atoms with Crippen LogP contribution in [-0.2, 0) is 9.53 Å². The average molecular weight is 272 g/mol. The standard InChI is InChI=1S/C15H32N2O2/c1-3-6-14(9-10-16)7-8-15(18)17-11-5-13-19-12-4-2/h14H,3-13,16H2,1-2H3,(H,17,18). The van der Waals surface area contributed by atoms with E-state index in [0.717, 1.165) is 52.0 Å². The van der Waals surface area contributed by atoms with Crippen molar-refractivity contribution in [2.24, 2.45) is 11.7 Å². The molecule has 1 atom stereocenters. The van der Waals surface area contributed by atoms with Gasteiger partial charge in [0.25, 0.3) is 0 Å². The molecule has 0 saturated heterocycles.